The molecule has 2 aliphatic rings. The van der Waals surface area contributed by atoms with E-state index in [2.05, 4.69) is 5.32 Å². The van der Waals surface area contributed by atoms with E-state index in [1.807, 2.05) is 48.5 Å². The number of nitrogens with two attached hydrogens (primary N) is 1. The van der Waals surface area contributed by atoms with Crippen LogP contribution in [0.4, 0.5) is 0 Å². The Balaban J connectivity index is 1.58. The van der Waals surface area contributed by atoms with E-state index in [-0.39, 0.29) is 11.8 Å². The number of hydrogen-bond acceptors (Lipinski definition) is 5. The molecule has 170 valence electrons. The number of aliphatic hydroxyl groups is 1. The van der Waals surface area contributed by atoms with Gasteiger partial charge >= 0.3 is 0 Å². The highest BCUT2D eigenvalue weighted by Gasteiger charge is 2.43. The predicted octanol–water partition coefficient (Wildman–Crippen LogP) is 2.01. The van der Waals surface area contributed by atoms with Gasteiger partial charge in [0, 0.05) is 19.6 Å². The van der Waals surface area contributed by atoms with Crippen LogP contribution < -0.4 is 15.8 Å². The first-order valence-corrected chi connectivity index (χ1v) is 11.2. The monoisotopic (exact) mass is 437 g/mol. The van der Waals surface area contributed by atoms with Crippen molar-refractivity contribution >= 4 is 11.8 Å². The van der Waals surface area contributed by atoms with Gasteiger partial charge in [-0.2, -0.15) is 0 Å². The lowest BCUT2D eigenvalue weighted by molar-refractivity contribution is -0.142. The van der Waals surface area contributed by atoms with Crippen LogP contribution >= 0.6 is 0 Å². The predicted molar refractivity (Wildman–Crippen MR) is 121 cm³/mol. The molecule has 7 nitrogen and oxygen atoms in total. The molecule has 7 heteroatoms. The van der Waals surface area contributed by atoms with E-state index in [0.29, 0.717) is 45.3 Å². The van der Waals surface area contributed by atoms with Crippen molar-refractivity contribution < 1.29 is 19.4 Å². The van der Waals surface area contributed by atoms with Crippen molar-refractivity contribution in [2.24, 2.45) is 11.1 Å². The SMILES string of the molecule is C[C@@H](O)[C@H](N)C(=O)N1CCC2(CC1)Cc1cccc(c1)Oc1cccc(c1)CCNC2=O. The lowest BCUT2D eigenvalue weighted by atomic mass is 9.72. The molecule has 32 heavy (non-hydrogen) atoms. The summed E-state index contributed by atoms with van der Waals surface area (Å²) in [4.78, 5) is 27.7. The van der Waals surface area contributed by atoms with Crippen molar-refractivity contribution in [1.29, 1.82) is 0 Å². The van der Waals surface area contributed by atoms with Gasteiger partial charge < -0.3 is 25.8 Å². The largest absolute Gasteiger partial charge is 0.457 e. The van der Waals surface area contributed by atoms with Crippen molar-refractivity contribution in [1.82, 2.24) is 10.2 Å². The first kappa shape index (κ1) is 22.3. The molecule has 2 aromatic rings. The average Bonchev–Trinajstić information content (AvgIpc) is 2.78. The number of fused-ring (bicyclic) bond motifs is 4. The molecule has 1 saturated heterocycles. The van der Waals surface area contributed by atoms with Crippen LogP contribution in [0.2, 0.25) is 0 Å². The van der Waals surface area contributed by atoms with Crippen molar-refractivity contribution in [2.75, 3.05) is 19.6 Å². The standard InChI is InChI=1S/C25H31N3O4/c1-17(29)22(26)23(30)28-12-9-25(10-13-28)16-19-5-3-7-21(15-19)32-20-6-2-4-18(14-20)8-11-27-24(25)31/h2-7,14-15,17,22,29H,8-13,16,26H2,1H3,(H,27,31)/t17-,22+/m1/s1. The minimum Gasteiger partial charge on any atom is -0.457 e. The maximum Gasteiger partial charge on any atom is 0.242 e. The third-order valence-electron chi connectivity index (χ3n) is 6.59. The Hall–Kier alpha value is -2.90. The van der Waals surface area contributed by atoms with E-state index < -0.39 is 17.6 Å². The second-order valence-corrected chi connectivity index (χ2v) is 8.95. The second kappa shape index (κ2) is 9.30. The molecule has 2 aromatic carbocycles. The van der Waals surface area contributed by atoms with Gasteiger partial charge in [0.2, 0.25) is 11.8 Å². The summed E-state index contributed by atoms with van der Waals surface area (Å²) in [7, 11) is 0. The third kappa shape index (κ3) is 4.79. The number of nitrogens with one attached hydrogen (secondary N) is 1. The topological polar surface area (TPSA) is 105 Å². The number of carbonyl (C=O) groups excluding carboxylic acids is 2. The summed E-state index contributed by atoms with van der Waals surface area (Å²) in [6.07, 6.45) is 1.45. The van der Waals surface area contributed by atoms with Crippen molar-refractivity contribution in [3.05, 3.63) is 59.7 Å². The number of ether oxygens (including phenoxy) is 1. The van der Waals surface area contributed by atoms with Gasteiger partial charge in [-0.3, -0.25) is 9.59 Å². The molecular formula is C25H31N3O4. The summed E-state index contributed by atoms with van der Waals surface area (Å²) in [5.41, 5.74) is 7.36. The zero-order chi connectivity index (χ0) is 22.7. The van der Waals surface area contributed by atoms with Gasteiger partial charge in [0.25, 0.3) is 0 Å². The summed E-state index contributed by atoms with van der Waals surface area (Å²) in [5.74, 6) is 1.27. The average molecular weight is 438 g/mol. The van der Waals surface area contributed by atoms with Crippen LogP contribution in [0.25, 0.3) is 0 Å². The normalized spacial score (nSPS) is 20.1. The van der Waals surface area contributed by atoms with Crippen molar-refractivity contribution in [3.63, 3.8) is 0 Å². The molecule has 2 heterocycles. The highest BCUT2D eigenvalue weighted by atomic mass is 16.5. The van der Waals surface area contributed by atoms with E-state index in [9.17, 15) is 14.7 Å². The molecule has 1 fully saturated rings. The summed E-state index contributed by atoms with van der Waals surface area (Å²) in [6, 6.07) is 14.8. The Morgan fingerprint density at radius 3 is 2.41 bits per heavy atom. The Bertz CT molecular complexity index is 983. The molecule has 2 aliphatic heterocycles. The number of amides is 2. The van der Waals surface area contributed by atoms with E-state index in [4.69, 9.17) is 10.5 Å². The minimum atomic E-state index is -0.943. The molecule has 4 N–H and O–H groups in total. The molecule has 1 spiro atoms. The summed E-state index contributed by atoms with van der Waals surface area (Å²) in [5, 5.41) is 12.8. The smallest absolute Gasteiger partial charge is 0.242 e. The van der Waals surface area contributed by atoms with Crippen LogP contribution in [0.15, 0.2) is 48.5 Å². The fourth-order valence-electron chi connectivity index (χ4n) is 4.57. The van der Waals surface area contributed by atoms with Crippen molar-refractivity contribution in [3.8, 4) is 11.5 Å². The van der Waals surface area contributed by atoms with Gasteiger partial charge in [0.05, 0.1) is 11.5 Å². The molecule has 2 atom stereocenters. The summed E-state index contributed by atoms with van der Waals surface area (Å²) >= 11 is 0. The fourth-order valence-corrected chi connectivity index (χ4v) is 4.57. The number of piperidine rings is 1. The number of likely N-dealkylation sites (tertiary alicyclic amines) is 1. The number of benzene rings is 2. The lowest BCUT2D eigenvalue weighted by Crippen LogP contribution is -2.55. The van der Waals surface area contributed by atoms with Gasteiger partial charge in [-0.05, 0) is 68.0 Å². The molecule has 4 rings (SSSR count). The Kier molecular flexibility index (Phi) is 6.48. The molecular weight excluding hydrogens is 406 g/mol. The Morgan fingerprint density at radius 1 is 1.12 bits per heavy atom. The number of rotatable bonds is 2. The number of aliphatic hydroxyl groups excluding tert-OH is 1. The molecule has 0 saturated carbocycles. The first-order valence-electron chi connectivity index (χ1n) is 11.2. The Labute approximate surface area is 188 Å². The summed E-state index contributed by atoms with van der Waals surface area (Å²) < 4.78 is 6.08. The Morgan fingerprint density at radius 2 is 1.75 bits per heavy atom. The lowest BCUT2D eigenvalue weighted by Gasteiger charge is -2.41. The number of nitrogens with zero attached hydrogens (tertiary/aromatic N) is 1. The van der Waals surface area contributed by atoms with Crippen LogP contribution in [0.5, 0.6) is 11.5 Å². The molecule has 4 bridgehead atoms. The highest BCUT2D eigenvalue weighted by molar-refractivity contribution is 5.85. The van der Waals surface area contributed by atoms with Crippen LogP contribution in [0, 0.1) is 5.41 Å². The maximum atomic E-state index is 13.4. The van der Waals surface area contributed by atoms with Gasteiger partial charge in [0.1, 0.15) is 17.5 Å². The van der Waals surface area contributed by atoms with Crippen LogP contribution in [-0.4, -0.2) is 53.6 Å². The zero-order valence-electron chi connectivity index (χ0n) is 18.4. The first-order chi connectivity index (χ1) is 15.4. The van der Waals surface area contributed by atoms with E-state index >= 15 is 0 Å². The number of carbonyl (C=O) groups is 2. The van der Waals surface area contributed by atoms with Crippen LogP contribution in [0.3, 0.4) is 0 Å². The van der Waals surface area contributed by atoms with E-state index in [0.717, 1.165) is 22.6 Å². The van der Waals surface area contributed by atoms with Crippen LogP contribution in [-0.2, 0) is 22.4 Å². The van der Waals surface area contributed by atoms with Gasteiger partial charge in [-0.15, -0.1) is 0 Å². The maximum absolute atomic E-state index is 13.4. The van der Waals surface area contributed by atoms with Crippen molar-refractivity contribution in [2.45, 2.75) is 44.8 Å². The molecule has 0 aromatic heterocycles. The van der Waals surface area contributed by atoms with E-state index in [1.54, 1.807) is 4.90 Å². The molecule has 2 amide bonds. The van der Waals surface area contributed by atoms with Gasteiger partial charge in [0.15, 0.2) is 0 Å². The quantitative estimate of drug-likeness (QED) is 0.667. The van der Waals surface area contributed by atoms with Crippen LogP contribution in [0.1, 0.15) is 30.9 Å². The second-order valence-electron chi connectivity index (χ2n) is 8.95. The molecule has 0 radical (unpaired) electrons. The zero-order valence-corrected chi connectivity index (χ0v) is 18.4. The molecule has 0 aliphatic carbocycles. The number of hydrogen-bond donors (Lipinski definition) is 3. The van der Waals surface area contributed by atoms with Gasteiger partial charge in [-0.1, -0.05) is 24.3 Å². The fraction of sp³-hybridized carbons (Fsp3) is 0.440. The minimum absolute atomic E-state index is 0.0196. The molecule has 0 unspecified atom stereocenters. The van der Waals surface area contributed by atoms with E-state index in [1.165, 1.54) is 6.92 Å². The summed E-state index contributed by atoms with van der Waals surface area (Å²) in [6.45, 7) is 2.92. The van der Waals surface area contributed by atoms with Gasteiger partial charge in [-0.25, -0.2) is 0 Å². The highest BCUT2D eigenvalue weighted by Crippen LogP contribution is 2.37. The third-order valence-corrected chi connectivity index (χ3v) is 6.59.